The van der Waals surface area contributed by atoms with Gasteiger partial charge in [0, 0.05) is 26.0 Å². The molecule has 0 aliphatic heterocycles. The number of rotatable bonds is 19. The molecule has 2 aromatic rings. The summed E-state index contributed by atoms with van der Waals surface area (Å²) < 4.78 is 48.5. The minimum Gasteiger partial charge on any atom is -0.379 e. The highest BCUT2D eigenvalue weighted by Gasteiger charge is 2.14. The lowest BCUT2D eigenvalue weighted by Crippen LogP contribution is -2.25. The number of ether oxygens (including phenoxy) is 3. The van der Waals surface area contributed by atoms with Crippen LogP contribution in [-0.4, -0.2) is 83.6 Å². The molecule has 0 radical (unpaired) electrons. The Kier molecular flexibility index (Phi) is 14.5. The van der Waals surface area contributed by atoms with Crippen LogP contribution in [0.1, 0.15) is 28.8 Å². The highest BCUT2D eigenvalue weighted by Crippen LogP contribution is 2.17. The van der Waals surface area contributed by atoms with Crippen molar-refractivity contribution in [1.29, 1.82) is 0 Å². The molecule has 2 rings (SSSR count). The van der Waals surface area contributed by atoms with Crippen LogP contribution in [0.25, 0.3) is 0 Å². The Labute approximate surface area is 217 Å². The molecular formula is C24H35N5O7S. The van der Waals surface area contributed by atoms with Gasteiger partial charge in [0.1, 0.15) is 0 Å². The number of carbonyl (C=O) groups excluding carboxylic acids is 1. The number of carbonyl (C=O) groups is 1. The number of pyridine rings is 1. The molecule has 0 unspecified atom stereocenters. The fourth-order valence-electron chi connectivity index (χ4n) is 3.02. The molecule has 12 nitrogen and oxygen atoms in total. The van der Waals surface area contributed by atoms with Gasteiger partial charge in [-0.3, -0.25) is 9.35 Å². The molecule has 1 aromatic carbocycles. The monoisotopic (exact) mass is 537 g/mol. The third-order valence-electron chi connectivity index (χ3n) is 4.89. The van der Waals surface area contributed by atoms with E-state index >= 15 is 0 Å². The second-order valence-electron chi connectivity index (χ2n) is 7.79. The van der Waals surface area contributed by atoms with Crippen molar-refractivity contribution in [1.82, 2.24) is 15.6 Å². The minimum absolute atomic E-state index is 0.0558. The maximum Gasteiger partial charge on any atom is 0.294 e. The van der Waals surface area contributed by atoms with Crippen LogP contribution in [0.4, 0.5) is 5.82 Å². The molecule has 1 heterocycles. The highest BCUT2D eigenvalue weighted by atomic mass is 32.2. The summed E-state index contributed by atoms with van der Waals surface area (Å²) in [6, 6.07) is 9.07. The topological polar surface area (TPSA) is 161 Å². The van der Waals surface area contributed by atoms with Crippen LogP contribution in [0.3, 0.4) is 0 Å². The van der Waals surface area contributed by atoms with Gasteiger partial charge in [0.15, 0.2) is 5.82 Å². The van der Waals surface area contributed by atoms with Crippen molar-refractivity contribution in [3.05, 3.63) is 53.7 Å². The zero-order valence-corrected chi connectivity index (χ0v) is 21.8. The quantitative estimate of drug-likeness (QED) is 0.139. The second kappa shape index (κ2) is 17.6. The van der Waals surface area contributed by atoms with Gasteiger partial charge in [-0.05, 0) is 50.2 Å². The first-order valence-corrected chi connectivity index (χ1v) is 13.4. The lowest BCUT2D eigenvalue weighted by molar-refractivity contribution is 0.0139. The summed E-state index contributed by atoms with van der Waals surface area (Å²) in [6.07, 6.45) is 3.02. The molecule has 0 spiro atoms. The van der Waals surface area contributed by atoms with E-state index in [-0.39, 0.29) is 23.2 Å². The first-order chi connectivity index (χ1) is 17.9. The summed E-state index contributed by atoms with van der Waals surface area (Å²) in [6.45, 7) is 4.64. The molecule has 1 aromatic heterocycles. The molecule has 0 saturated heterocycles. The van der Waals surface area contributed by atoms with E-state index in [0.717, 1.165) is 19.6 Å². The Morgan fingerprint density at radius 3 is 2.22 bits per heavy atom. The van der Waals surface area contributed by atoms with E-state index in [1.54, 1.807) is 12.1 Å². The van der Waals surface area contributed by atoms with Crippen molar-refractivity contribution in [3.63, 3.8) is 0 Å². The van der Waals surface area contributed by atoms with Gasteiger partial charge < -0.3 is 24.8 Å². The molecule has 1 amide bonds. The van der Waals surface area contributed by atoms with Crippen LogP contribution in [0, 0.1) is 0 Å². The average molecular weight is 538 g/mol. The number of benzene rings is 1. The summed E-state index contributed by atoms with van der Waals surface area (Å²) in [5.74, 6) is -0.00650. The Morgan fingerprint density at radius 1 is 0.946 bits per heavy atom. The average Bonchev–Trinajstić information content (AvgIpc) is 2.89. The van der Waals surface area contributed by atoms with E-state index in [2.05, 4.69) is 25.8 Å². The summed E-state index contributed by atoms with van der Waals surface area (Å²) >= 11 is 0. The van der Waals surface area contributed by atoms with E-state index in [9.17, 15) is 17.8 Å². The first kappa shape index (κ1) is 30.4. The predicted molar refractivity (Wildman–Crippen MR) is 137 cm³/mol. The summed E-state index contributed by atoms with van der Waals surface area (Å²) in [7, 11) is -2.44. The molecule has 204 valence electrons. The van der Waals surface area contributed by atoms with Crippen LogP contribution in [0.2, 0.25) is 0 Å². The fourth-order valence-corrected chi connectivity index (χ4v) is 3.74. The number of amides is 1. The molecule has 37 heavy (non-hydrogen) atoms. The number of nitrogens with one attached hydrogen (secondary N) is 2. The van der Waals surface area contributed by atoms with Crippen LogP contribution in [0.5, 0.6) is 0 Å². The van der Waals surface area contributed by atoms with Gasteiger partial charge in [0.05, 0.1) is 43.4 Å². The molecule has 0 fully saturated rings. The van der Waals surface area contributed by atoms with Crippen LogP contribution in [-0.2, 0) is 30.9 Å². The smallest absolute Gasteiger partial charge is 0.294 e. The molecule has 0 bridgehead atoms. The Balaban J connectivity index is 1.58. The Hall–Kier alpha value is -2.81. The van der Waals surface area contributed by atoms with Crippen LogP contribution >= 0.6 is 0 Å². The summed E-state index contributed by atoms with van der Waals surface area (Å²) in [4.78, 5) is 16.1. The van der Waals surface area contributed by atoms with Crippen molar-refractivity contribution in [2.75, 3.05) is 59.8 Å². The molecule has 0 atom stereocenters. The molecule has 0 aliphatic carbocycles. The van der Waals surface area contributed by atoms with Crippen molar-refractivity contribution in [3.8, 4) is 0 Å². The fraction of sp³-hybridized carbons (Fsp3) is 0.500. The van der Waals surface area contributed by atoms with E-state index in [0.29, 0.717) is 57.1 Å². The Morgan fingerprint density at radius 2 is 1.59 bits per heavy atom. The maximum absolute atomic E-state index is 12.2. The molecule has 0 aliphatic rings. The van der Waals surface area contributed by atoms with E-state index < -0.39 is 10.1 Å². The van der Waals surface area contributed by atoms with Gasteiger partial charge >= 0.3 is 0 Å². The number of hydrogen-bond acceptors (Lipinski definition) is 10. The zero-order chi connectivity index (χ0) is 26.8. The van der Waals surface area contributed by atoms with Crippen molar-refractivity contribution >= 4 is 21.8 Å². The summed E-state index contributed by atoms with van der Waals surface area (Å²) in [5.41, 5.74) is 0.681. The van der Waals surface area contributed by atoms with E-state index in [1.165, 1.54) is 30.5 Å². The highest BCUT2D eigenvalue weighted by molar-refractivity contribution is 7.85. The maximum atomic E-state index is 12.2. The number of azo groups is 1. The second-order valence-corrected chi connectivity index (χ2v) is 9.18. The van der Waals surface area contributed by atoms with Crippen LogP contribution < -0.4 is 10.6 Å². The van der Waals surface area contributed by atoms with Gasteiger partial charge in [-0.2, -0.15) is 13.5 Å². The Bertz CT molecular complexity index is 1070. The summed E-state index contributed by atoms with van der Waals surface area (Å²) in [5, 5.41) is 13.7. The predicted octanol–water partition coefficient (Wildman–Crippen LogP) is 2.39. The van der Waals surface area contributed by atoms with Crippen molar-refractivity contribution in [2.45, 2.75) is 24.3 Å². The lowest BCUT2D eigenvalue weighted by Gasteiger charge is -2.08. The minimum atomic E-state index is -4.35. The van der Waals surface area contributed by atoms with E-state index in [4.69, 9.17) is 14.2 Å². The first-order valence-electron chi connectivity index (χ1n) is 12.0. The zero-order valence-electron chi connectivity index (χ0n) is 21.0. The number of aromatic nitrogens is 1. The molecule has 13 heteroatoms. The third-order valence-corrected chi connectivity index (χ3v) is 5.84. The molecule has 3 N–H and O–H groups in total. The van der Waals surface area contributed by atoms with Gasteiger partial charge in [-0.25, -0.2) is 4.98 Å². The molecule has 0 saturated carbocycles. The van der Waals surface area contributed by atoms with Gasteiger partial charge in [0.25, 0.3) is 16.0 Å². The van der Waals surface area contributed by atoms with Crippen molar-refractivity contribution in [2.24, 2.45) is 10.2 Å². The molecular weight excluding hydrogens is 502 g/mol. The van der Waals surface area contributed by atoms with E-state index in [1.807, 2.05) is 7.05 Å². The van der Waals surface area contributed by atoms with Crippen molar-refractivity contribution < 1.29 is 32.0 Å². The lowest BCUT2D eigenvalue weighted by atomic mass is 10.2. The third kappa shape index (κ3) is 12.8. The standard InChI is InChI=1S/C24H35N5O7S/c1-25-10-4-12-34-14-16-36-17-15-35-13-5-11-26-24(30)21-8-9-23(27-18-21)29-28-19-20-6-2-3-7-22(20)37(31,32)33/h2-3,6-9,18,25H,4-5,10-17,19H2,1H3,(H,26,30)(H,31,32,33). The largest absolute Gasteiger partial charge is 0.379 e. The van der Waals surface area contributed by atoms with Gasteiger partial charge in [-0.1, -0.05) is 18.2 Å². The van der Waals surface area contributed by atoms with Gasteiger partial charge in [0.2, 0.25) is 0 Å². The number of hydrogen-bond donors (Lipinski definition) is 3. The van der Waals surface area contributed by atoms with Crippen LogP contribution in [0.15, 0.2) is 57.7 Å². The number of nitrogens with zero attached hydrogens (tertiary/aromatic N) is 3. The van der Waals surface area contributed by atoms with Gasteiger partial charge in [-0.15, -0.1) is 5.11 Å². The normalized spacial score (nSPS) is 11.7. The SMILES string of the molecule is CNCCCOCCOCCOCCCNC(=O)c1ccc(N=NCc2ccccc2S(=O)(=O)O)nc1.